The van der Waals surface area contributed by atoms with Gasteiger partial charge in [0.15, 0.2) is 0 Å². The van der Waals surface area contributed by atoms with Gasteiger partial charge in [-0.2, -0.15) is 17.0 Å². The van der Waals surface area contributed by atoms with Crippen molar-refractivity contribution in [3.63, 3.8) is 0 Å². The van der Waals surface area contributed by atoms with Gasteiger partial charge in [-0.3, -0.25) is 4.79 Å². The van der Waals surface area contributed by atoms with Crippen LogP contribution in [0, 0.1) is 5.82 Å². The highest BCUT2D eigenvalue weighted by Crippen LogP contribution is 2.21. The number of nitrogens with one attached hydrogen (secondary N) is 1. The summed E-state index contributed by atoms with van der Waals surface area (Å²) in [6, 6.07) is 5.93. The van der Waals surface area contributed by atoms with Crippen LogP contribution in [0.2, 0.25) is 0 Å². The summed E-state index contributed by atoms with van der Waals surface area (Å²) in [7, 11) is -3.59. The van der Waals surface area contributed by atoms with Gasteiger partial charge in [-0.1, -0.05) is 0 Å². The van der Waals surface area contributed by atoms with Gasteiger partial charge in [-0.25, -0.2) is 4.39 Å². The third kappa shape index (κ3) is 4.02. The zero-order valence-corrected chi connectivity index (χ0v) is 17.3. The summed E-state index contributed by atoms with van der Waals surface area (Å²) in [4.78, 5) is 17.4. The van der Waals surface area contributed by atoms with Crippen LogP contribution in [0.5, 0.6) is 0 Å². The second-order valence-electron chi connectivity index (χ2n) is 7.69. The van der Waals surface area contributed by atoms with Crippen molar-refractivity contribution in [3.8, 4) is 0 Å². The van der Waals surface area contributed by atoms with Crippen LogP contribution in [0.3, 0.4) is 0 Å². The van der Waals surface area contributed by atoms with E-state index in [2.05, 4.69) is 4.98 Å². The van der Waals surface area contributed by atoms with Gasteiger partial charge in [-0.15, -0.1) is 0 Å². The molecule has 0 spiro atoms. The van der Waals surface area contributed by atoms with E-state index in [1.807, 2.05) is 13.8 Å². The minimum atomic E-state index is -3.59. The average Bonchev–Trinajstić information content (AvgIpc) is 3.10. The lowest BCUT2D eigenvalue weighted by molar-refractivity contribution is -0.0457. The lowest BCUT2D eigenvalue weighted by Gasteiger charge is -2.40. The number of rotatable bonds is 3. The van der Waals surface area contributed by atoms with Gasteiger partial charge in [0.25, 0.3) is 16.1 Å². The molecule has 4 rings (SSSR count). The predicted molar refractivity (Wildman–Crippen MR) is 106 cm³/mol. The molecule has 2 saturated heterocycles. The van der Waals surface area contributed by atoms with Crippen molar-refractivity contribution >= 4 is 27.0 Å². The number of ether oxygens (including phenoxy) is 1. The van der Waals surface area contributed by atoms with Gasteiger partial charge < -0.3 is 14.6 Å². The lowest BCUT2D eigenvalue weighted by Crippen LogP contribution is -2.57. The Bertz CT molecular complexity index is 1010. The van der Waals surface area contributed by atoms with Gasteiger partial charge in [0, 0.05) is 50.2 Å². The number of carbonyl (C=O) groups is 1. The number of fused-ring (bicyclic) bond motifs is 1. The van der Waals surface area contributed by atoms with Crippen LogP contribution in [0.1, 0.15) is 24.3 Å². The molecule has 158 valence electrons. The highest BCUT2D eigenvalue weighted by Gasteiger charge is 2.37. The molecule has 0 aliphatic carbocycles. The average molecular weight is 424 g/mol. The SMILES string of the molecule is C[C@H]1CN(S(=O)(=O)N2CCN(C(=O)c3cc4cc(F)ccc4[nH]3)CC2)C[C@H](C)O1. The van der Waals surface area contributed by atoms with Crippen molar-refractivity contribution in [1.82, 2.24) is 18.5 Å². The summed E-state index contributed by atoms with van der Waals surface area (Å²) in [6.45, 7) is 5.47. The van der Waals surface area contributed by atoms with E-state index in [0.717, 1.165) is 0 Å². The first-order valence-corrected chi connectivity index (χ1v) is 11.1. The number of amides is 1. The molecule has 2 fully saturated rings. The van der Waals surface area contributed by atoms with Crippen LogP contribution >= 0.6 is 0 Å². The number of hydrogen-bond donors (Lipinski definition) is 1. The lowest BCUT2D eigenvalue weighted by atomic mass is 10.2. The van der Waals surface area contributed by atoms with Gasteiger partial charge >= 0.3 is 0 Å². The molecule has 10 heteroatoms. The smallest absolute Gasteiger partial charge is 0.282 e. The highest BCUT2D eigenvalue weighted by molar-refractivity contribution is 7.86. The third-order valence-electron chi connectivity index (χ3n) is 5.38. The maximum absolute atomic E-state index is 13.4. The molecule has 1 aromatic heterocycles. The maximum atomic E-state index is 13.4. The number of hydrogen-bond acceptors (Lipinski definition) is 4. The maximum Gasteiger partial charge on any atom is 0.282 e. The van der Waals surface area contributed by atoms with Crippen LogP contribution in [-0.2, 0) is 14.9 Å². The molecule has 3 heterocycles. The van der Waals surface area contributed by atoms with E-state index in [9.17, 15) is 17.6 Å². The minimum absolute atomic E-state index is 0.150. The quantitative estimate of drug-likeness (QED) is 0.808. The van der Waals surface area contributed by atoms with Crippen molar-refractivity contribution in [2.24, 2.45) is 0 Å². The number of benzene rings is 1. The number of aromatic amines is 1. The fourth-order valence-electron chi connectivity index (χ4n) is 3.99. The second kappa shape index (κ2) is 7.67. The summed E-state index contributed by atoms with van der Waals surface area (Å²) in [5.74, 6) is -0.576. The monoisotopic (exact) mass is 424 g/mol. The molecule has 2 atom stereocenters. The van der Waals surface area contributed by atoms with Crippen LogP contribution in [0.4, 0.5) is 4.39 Å². The number of H-pyrrole nitrogens is 1. The van der Waals surface area contributed by atoms with Crippen LogP contribution in [0.25, 0.3) is 10.9 Å². The molecule has 1 N–H and O–H groups in total. The van der Waals surface area contributed by atoms with E-state index in [4.69, 9.17) is 4.74 Å². The van der Waals surface area contributed by atoms with E-state index in [0.29, 0.717) is 42.8 Å². The number of halogens is 1. The molecule has 0 saturated carbocycles. The number of carbonyl (C=O) groups excluding carboxylic acids is 1. The fourth-order valence-corrected chi connectivity index (χ4v) is 5.74. The molecule has 1 amide bonds. The summed E-state index contributed by atoms with van der Waals surface area (Å²) in [6.07, 6.45) is -0.300. The molecule has 0 bridgehead atoms. The van der Waals surface area contributed by atoms with Crippen LogP contribution in [0.15, 0.2) is 24.3 Å². The van der Waals surface area contributed by atoms with Crippen molar-refractivity contribution in [1.29, 1.82) is 0 Å². The molecular formula is C19H25FN4O4S. The third-order valence-corrected chi connectivity index (χ3v) is 7.35. The van der Waals surface area contributed by atoms with E-state index in [1.54, 1.807) is 17.0 Å². The molecule has 2 aliphatic rings. The molecule has 2 aromatic rings. The summed E-state index contributed by atoms with van der Waals surface area (Å²) in [5, 5.41) is 0.630. The predicted octanol–water partition coefficient (Wildman–Crippen LogP) is 1.42. The molecule has 29 heavy (non-hydrogen) atoms. The van der Waals surface area contributed by atoms with Crippen molar-refractivity contribution in [2.45, 2.75) is 26.1 Å². The number of morpholine rings is 1. The first-order chi connectivity index (χ1) is 13.7. The first-order valence-electron chi connectivity index (χ1n) is 9.72. The van der Waals surface area contributed by atoms with Gasteiger partial charge in [0.05, 0.1) is 12.2 Å². The molecular weight excluding hydrogens is 399 g/mol. The molecule has 1 aromatic carbocycles. The van der Waals surface area contributed by atoms with E-state index < -0.39 is 10.2 Å². The van der Waals surface area contributed by atoms with Gasteiger partial charge in [-0.05, 0) is 38.1 Å². The Balaban J connectivity index is 1.42. The Morgan fingerprint density at radius 3 is 2.38 bits per heavy atom. The minimum Gasteiger partial charge on any atom is -0.373 e. The topological polar surface area (TPSA) is 86.0 Å². The van der Waals surface area contributed by atoms with E-state index in [-0.39, 0.29) is 37.0 Å². The first kappa shape index (κ1) is 20.3. The summed E-state index contributed by atoms with van der Waals surface area (Å²) >= 11 is 0. The largest absolute Gasteiger partial charge is 0.373 e. The highest BCUT2D eigenvalue weighted by atomic mass is 32.2. The zero-order valence-electron chi connectivity index (χ0n) is 16.5. The molecule has 0 radical (unpaired) electrons. The van der Waals surface area contributed by atoms with Gasteiger partial charge in [0.2, 0.25) is 0 Å². The van der Waals surface area contributed by atoms with E-state index in [1.165, 1.54) is 20.7 Å². The van der Waals surface area contributed by atoms with Crippen molar-refractivity contribution in [3.05, 3.63) is 35.8 Å². The standard InChI is InChI=1S/C19H25FN4O4S/c1-13-11-24(12-14(2)28-13)29(26,27)23-7-5-22(6-8-23)19(25)18-10-15-9-16(20)3-4-17(15)21-18/h3-4,9-10,13-14,21H,5-8,11-12H2,1-2H3/t13-,14-/m0/s1. The Morgan fingerprint density at radius 1 is 1.07 bits per heavy atom. The Hall–Kier alpha value is -2.01. The number of piperazine rings is 1. The zero-order chi connectivity index (χ0) is 20.8. The normalized spacial score (nSPS) is 24.9. The van der Waals surface area contributed by atoms with E-state index >= 15 is 0 Å². The van der Waals surface area contributed by atoms with Crippen molar-refractivity contribution < 1.29 is 22.3 Å². The Labute approximate surface area is 169 Å². The molecule has 2 aliphatic heterocycles. The Morgan fingerprint density at radius 2 is 1.72 bits per heavy atom. The van der Waals surface area contributed by atoms with Crippen molar-refractivity contribution in [2.75, 3.05) is 39.3 Å². The number of nitrogens with zero attached hydrogens (tertiary/aromatic N) is 3. The van der Waals surface area contributed by atoms with Gasteiger partial charge in [0.1, 0.15) is 11.5 Å². The molecule has 0 unspecified atom stereocenters. The van der Waals surface area contributed by atoms with Crippen LogP contribution < -0.4 is 0 Å². The summed E-state index contributed by atoms with van der Waals surface area (Å²) < 4.78 is 47.9. The summed E-state index contributed by atoms with van der Waals surface area (Å²) in [5.41, 5.74) is 1.06. The Kier molecular flexibility index (Phi) is 5.36. The van der Waals surface area contributed by atoms with Crippen LogP contribution in [-0.4, -0.2) is 84.3 Å². The second-order valence-corrected chi connectivity index (χ2v) is 9.62. The molecule has 8 nitrogen and oxygen atoms in total. The number of aromatic nitrogens is 1. The fraction of sp³-hybridized carbons (Fsp3) is 0.526.